The number of anilines is 1. The second-order valence-corrected chi connectivity index (χ2v) is 7.73. The third-order valence-electron chi connectivity index (χ3n) is 5.56. The molecule has 1 saturated heterocycles. The molecule has 1 aliphatic heterocycles. The number of methoxy groups -OCH3 is 1. The molecular weight excluding hydrogens is 413 g/mol. The number of amides is 1. The number of rotatable bonds is 4. The average Bonchev–Trinajstić information content (AvgIpc) is 3.30. The lowest BCUT2D eigenvalue weighted by Crippen LogP contribution is -2.29. The van der Waals surface area contributed by atoms with Crippen LogP contribution in [0.1, 0.15) is 34.3 Å². The molecule has 1 fully saturated rings. The van der Waals surface area contributed by atoms with Crippen molar-refractivity contribution < 1.29 is 28.2 Å². The fourth-order valence-electron chi connectivity index (χ4n) is 4.00. The number of benzene rings is 2. The van der Waals surface area contributed by atoms with E-state index >= 15 is 0 Å². The molecule has 0 spiro atoms. The second-order valence-electron chi connectivity index (χ2n) is 7.73. The lowest BCUT2D eigenvalue weighted by atomic mass is 9.95. The van der Waals surface area contributed by atoms with Gasteiger partial charge in [-0.3, -0.25) is 14.5 Å². The number of ether oxygens (including phenoxy) is 1. The Hall–Kier alpha value is -3.87. The minimum absolute atomic E-state index is 0.124. The van der Waals surface area contributed by atoms with E-state index in [1.165, 1.54) is 18.2 Å². The quantitative estimate of drug-likeness (QED) is 0.355. The molecule has 2 aromatic carbocycles. The number of aliphatic hydroxyl groups is 1. The van der Waals surface area contributed by atoms with Gasteiger partial charge in [-0.2, -0.15) is 0 Å². The van der Waals surface area contributed by atoms with E-state index in [1.54, 1.807) is 45.2 Å². The molecule has 32 heavy (non-hydrogen) atoms. The second kappa shape index (κ2) is 8.00. The van der Waals surface area contributed by atoms with E-state index in [9.17, 15) is 19.1 Å². The standard InChI is InChI=1S/C25H22FNO5/c1-13-11-20(31-4)14(2)10-18(13)23(28)21-22(19-9-8-15(3)32-19)27(25(30)24(21)29)17-7-5-6-16(26)12-17/h5-12,22,28H,1-4H3/b23-21+. The molecule has 1 atom stereocenters. The molecule has 3 aromatic rings. The van der Waals surface area contributed by atoms with Crippen LogP contribution >= 0.6 is 0 Å². The number of nitrogens with zero attached hydrogens (tertiary/aromatic N) is 1. The van der Waals surface area contributed by atoms with Crippen molar-refractivity contribution in [2.45, 2.75) is 26.8 Å². The molecule has 164 valence electrons. The number of aliphatic hydroxyl groups excluding tert-OH is 1. The normalized spacial score (nSPS) is 17.8. The predicted octanol–water partition coefficient (Wildman–Crippen LogP) is 4.98. The minimum Gasteiger partial charge on any atom is -0.507 e. The fourth-order valence-corrected chi connectivity index (χ4v) is 4.00. The molecule has 6 nitrogen and oxygen atoms in total. The third-order valence-corrected chi connectivity index (χ3v) is 5.56. The van der Waals surface area contributed by atoms with Crippen molar-refractivity contribution in [1.82, 2.24) is 0 Å². The first-order chi connectivity index (χ1) is 15.2. The Morgan fingerprint density at radius 1 is 1.06 bits per heavy atom. The summed E-state index contributed by atoms with van der Waals surface area (Å²) in [4.78, 5) is 27.3. The fraction of sp³-hybridized carbons (Fsp3) is 0.200. The number of carbonyl (C=O) groups excluding carboxylic acids is 2. The molecule has 0 radical (unpaired) electrons. The Bertz CT molecular complexity index is 1270. The summed E-state index contributed by atoms with van der Waals surface area (Å²) in [6.07, 6.45) is 0. The monoisotopic (exact) mass is 435 g/mol. The first-order valence-electron chi connectivity index (χ1n) is 10.0. The molecule has 1 N–H and O–H groups in total. The molecule has 0 bridgehead atoms. The van der Waals surface area contributed by atoms with E-state index in [0.717, 1.165) is 16.5 Å². The van der Waals surface area contributed by atoms with Crippen molar-refractivity contribution in [3.05, 3.63) is 88.1 Å². The van der Waals surface area contributed by atoms with Crippen LogP contribution in [0.4, 0.5) is 10.1 Å². The van der Waals surface area contributed by atoms with Gasteiger partial charge >= 0.3 is 0 Å². The molecule has 1 amide bonds. The van der Waals surface area contributed by atoms with Crippen LogP contribution in [-0.4, -0.2) is 23.9 Å². The van der Waals surface area contributed by atoms with E-state index in [4.69, 9.17) is 9.15 Å². The highest BCUT2D eigenvalue weighted by molar-refractivity contribution is 6.51. The van der Waals surface area contributed by atoms with Crippen LogP contribution in [0.3, 0.4) is 0 Å². The first-order valence-corrected chi connectivity index (χ1v) is 10.0. The number of hydrogen-bond acceptors (Lipinski definition) is 5. The van der Waals surface area contributed by atoms with Gasteiger partial charge in [0.2, 0.25) is 0 Å². The predicted molar refractivity (Wildman–Crippen MR) is 117 cm³/mol. The van der Waals surface area contributed by atoms with Crippen LogP contribution in [0.25, 0.3) is 5.76 Å². The zero-order valence-electron chi connectivity index (χ0n) is 18.1. The van der Waals surface area contributed by atoms with Crippen molar-refractivity contribution in [3.63, 3.8) is 0 Å². The SMILES string of the molecule is COc1cc(C)c(/C(O)=C2\C(=O)C(=O)N(c3cccc(F)c3)C2c2ccc(C)o2)cc1C. The Kier molecular flexibility index (Phi) is 5.34. The van der Waals surface area contributed by atoms with Crippen LogP contribution in [0.2, 0.25) is 0 Å². The van der Waals surface area contributed by atoms with Gasteiger partial charge in [0, 0.05) is 11.3 Å². The van der Waals surface area contributed by atoms with Crippen molar-refractivity contribution in [1.29, 1.82) is 0 Å². The van der Waals surface area contributed by atoms with Crippen molar-refractivity contribution in [2.75, 3.05) is 12.0 Å². The summed E-state index contributed by atoms with van der Waals surface area (Å²) in [5.41, 5.74) is 1.88. The zero-order valence-corrected chi connectivity index (χ0v) is 18.1. The van der Waals surface area contributed by atoms with Crippen LogP contribution in [-0.2, 0) is 9.59 Å². The number of halogens is 1. The van der Waals surface area contributed by atoms with Crippen LogP contribution < -0.4 is 9.64 Å². The Morgan fingerprint density at radius 2 is 1.81 bits per heavy atom. The molecule has 1 aliphatic rings. The summed E-state index contributed by atoms with van der Waals surface area (Å²) in [5, 5.41) is 11.3. The largest absolute Gasteiger partial charge is 0.507 e. The smallest absolute Gasteiger partial charge is 0.300 e. The maximum Gasteiger partial charge on any atom is 0.300 e. The lowest BCUT2D eigenvalue weighted by Gasteiger charge is -2.23. The van der Waals surface area contributed by atoms with Gasteiger partial charge in [-0.15, -0.1) is 0 Å². The number of furan rings is 1. The van der Waals surface area contributed by atoms with Crippen LogP contribution in [0.15, 0.2) is 58.5 Å². The highest BCUT2D eigenvalue weighted by Gasteiger charge is 2.48. The van der Waals surface area contributed by atoms with E-state index in [0.29, 0.717) is 22.6 Å². The third kappa shape index (κ3) is 3.45. The highest BCUT2D eigenvalue weighted by atomic mass is 19.1. The topological polar surface area (TPSA) is 80.0 Å². The van der Waals surface area contributed by atoms with Gasteiger partial charge < -0.3 is 14.3 Å². The Morgan fingerprint density at radius 3 is 2.44 bits per heavy atom. The summed E-state index contributed by atoms with van der Waals surface area (Å²) in [7, 11) is 1.55. The van der Waals surface area contributed by atoms with Crippen molar-refractivity contribution in [2.24, 2.45) is 0 Å². The number of carbonyl (C=O) groups is 2. The van der Waals surface area contributed by atoms with Gasteiger partial charge in [-0.05, 0) is 74.4 Å². The molecular formula is C25H22FNO5. The first kappa shape index (κ1) is 21.4. The average molecular weight is 435 g/mol. The molecule has 4 rings (SSSR count). The maximum atomic E-state index is 13.9. The van der Waals surface area contributed by atoms with Crippen LogP contribution in [0.5, 0.6) is 5.75 Å². The summed E-state index contributed by atoms with van der Waals surface area (Å²) in [6.45, 7) is 5.31. The molecule has 7 heteroatoms. The molecule has 2 heterocycles. The molecule has 0 saturated carbocycles. The summed E-state index contributed by atoms with van der Waals surface area (Å²) in [6, 6.07) is 11.1. The minimum atomic E-state index is -1.05. The van der Waals surface area contributed by atoms with Crippen molar-refractivity contribution in [3.8, 4) is 5.75 Å². The van der Waals surface area contributed by atoms with Crippen LogP contribution in [0, 0.1) is 26.6 Å². The summed E-state index contributed by atoms with van der Waals surface area (Å²) >= 11 is 0. The molecule has 1 unspecified atom stereocenters. The number of aryl methyl sites for hydroxylation is 3. The van der Waals surface area contributed by atoms with E-state index in [1.807, 2.05) is 6.92 Å². The summed E-state index contributed by atoms with van der Waals surface area (Å²) < 4.78 is 25.0. The zero-order chi connectivity index (χ0) is 23.2. The van der Waals surface area contributed by atoms with Gasteiger partial charge in [0.1, 0.15) is 34.9 Å². The maximum absolute atomic E-state index is 13.9. The van der Waals surface area contributed by atoms with Gasteiger partial charge in [0.05, 0.1) is 12.7 Å². The van der Waals surface area contributed by atoms with E-state index in [-0.39, 0.29) is 22.8 Å². The Labute approximate surface area is 184 Å². The van der Waals surface area contributed by atoms with Gasteiger partial charge in [-0.1, -0.05) is 6.07 Å². The lowest BCUT2D eigenvalue weighted by molar-refractivity contribution is -0.132. The number of ketones is 1. The van der Waals surface area contributed by atoms with E-state index < -0.39 is 23.5 Å². The number of hydrogen-bond donors (Lipinski definition) is 1. The molecule has 0 aliphatic carbocycles. The molecule has 1 aromatic heterocycles. The van der Waals surface area contributed by atoms with Gasteiger partial charge in [0.15, 0.2) is 0 Å². The Balaban J connectivity index is 1.97. The highest BCUT2D eigenvalue weighted by Crippen LogP contribution is 2.43. The van der Waals surface area contributed by atoms with E-state index in [2.05, 4.69) is 0 Å². The van der Waals surface area contributed by atoms with Gasteiger partial charge in [0.25, 0.3) is 11.7 Å². The van der Waals surface area contributed by atoms with Crippen molar-refractivity contribution >= 4 is 23.1 Å². The van der Waals surface area contributed by atoms with Gasteiger partial charge in [-0.25, -0.2) is 4.39 Å². The number of Topliss-reactive ketones (excluding diaryl/α,β-unsaturated/α-hetero) is 1. The summed E-state index contributed by atoms with van der Waals surface area (Å²) in [5.74, 6) is -1.14.